The molecule has 0 saturated carbocycles. The molecular formula is C6HBrCl2F3NO. The topological polar surface area (TPSA) is 22.1 Å². The van der Waals surface area contributed by atoms with E-state index in [0.29, 0.717) is 0 Å². The van der Waals surface area contributed by atoms with Gasteiger partial charge in [-0.05, 0) is 15.9 Å². The third-order valence-electron chi connectivity index (χ3n) is 1.11. The minimum atomic E-state index is -4.85. The number of alkyl halides is 3. The molecule has 1 rings (SSSR count). The lowest BCUT2D eigenvalue weighted by Crippen LogP contribution is -2.18. The highest BCUT2D eigenvalue weighted by Gasteiger charge is 2.33. The zero-order valence-electron chi connectivity index (χ0n) is 6.20. The van der Waals surface area contributed by atoms with Crippen molar-refractivity contribution < 1.29 is 17.9 Å². The van der Waals surface area contributed by atoms with Gasteiger partial charge in [-0.1, -0.05) is 23.2 Å². The molecule has 1 heterocycles. The minimum absolute atomic E-state index is 0.169. The van der Waals surface area contributed by atoms with Crippen LogP contribution in [-0.4, -0.2) is 11.3 Å². The lowest BCUT2D eigenvalue weighted by Gasteiger charge is -2.11. The van der Waals surface area contributed by atoms with Crippen LogP contribution in [0.15, 0.2) is 10.7 Å². The summed E-state index contributed by atoms with van der Waals surface area (Å²) in [6.07, 6.45) is -3.68. The number of aromatic nitrogens is 1. The number of pyridine rings is 1. The molecule has 0 aliphatic carbocycles. The summed E-state index contributed by atoms with van der Waals surface area (Å²) in [6, 6.07) is 0. The van der Waals surface area contributed by atoms with Crippen molar-refractivity contribution in [1.82, 2.24) is 4.98 Å². The van der Waals surface area contributed by atoms with Crippen LogP contribution in [0.4, 0.5) is 13.2 Å². The Morgan fingerprint density at radius 2 is 1.93 bits per heavy atom. The summed E-state index contributed by atoms with van der Waals surface area (Å²) in [7, 11) is 0. The van der Waals surface area contributed by atoms with E-state index in [-0.39, 0.29) is 9.50 Å². The van der Waals surface area contributed by atoms with E-state index in [0.717, 1.165) is 0 Å². The van der Waals surface area contributed by atoms with Crippen LogP contribution in [0, 0.1) is 0 Å². The molecule has 0 aliphatic rings. The lowest BCUT2D eigenvalue weighted by atomic mass is 10.4. The molecule has 0 radical (unpaired) electrons. The summed E-state index contributed by atoms with van der Waals surface area (Å²) in [6.45, 7) is 0. The van der Waals surface area contributed by atoms with E-state index in [1.165, 1.54) is 6.20 Å². The number of rotatable bonds is 1. The van der Waals surface area contributed by atoms with Gasteiger partial charge < -0.3 is 4.74 Å². The quantitative estimate of drug-likeness (QED) is 0.730. The van der Waals surface area contributed by atoms with Crippen LogP contribution < -0.4 is 4.74 Å². The van der Waals surface area contributed by atoms with Crippen LogP contribution in [0.1, 0.15) is 0 Å². The molecule has 0 aromatic carbocycles. The highest BCUT2D eigenvalue weighted by molar-refractivity contribution is 9.10. The van der Waals surface area contributed by atoms with Gasteiger partial charge in [0.05, 0.1) is 4.47 Å². The largest absolute Gasteiger partial charge is 0.573 e. The number of ether oxygens (including phenoxy) is 1. The van der Waals surface area contributed by atoms with Gasteiger partial charge in [-0.3, -0.25) is 0 Å². The molecule has 1 aromatic rings. The van der Waals surface area contributed by atoms with Gasteiger partial charge in [0.15, 0.2) is 10.9 Å². The normalized spacial score (nSPS) is 11.6. The highest BCUT2D eigenvalue weighted by atomic mass is 79.9. The van der Waals surface area contributed by atoms with Crippen molar-refractivity contribution in [3.8, 4) is 5.75 Å². The van der Waals surface area contributed by atoms with Crippen LogP contribution >= 0.6 is 39.1 Å². The number of hydrogen-bond acceptors (Lipinski definition) is 2. The Kier molecular flexibility index (Phi) is 3.49. The van der Waals surface area contributed by atoms with Crippen molar-refractivity contribution in [3.05, 3.63) is 20.8 Å². The monoisotopic (exact) mass is 309 g/mol. The first-order chi connectivity index (χ1) is 6.31. The van der Waals surface area contributed by atoms with Crippen LogP contribution in [0.3, 0.4) is 0 Å². The third kappa shape index (κ3) is 2.90. The SMILES string of the molecule is FC(F)(F)Oc1c(Cl)ncc(Br)c1Cl. The second-order valence-electron chi connectivity index (χ2n) is 2.09. The fourth-order valence-electron chi connectivity index (χ4n) is 0.630. The van der Waals surface area contributed by atoms with Crippen molar-refractivity contribution in [3.63, 3.8) is 0 Å². The van der Waals surface area contributed by atoms with E-state index >= 15 is 0 Å². The highest BCUT2D eigenvalue weighted by Crippen LogP contribution is 2.39. The number of nitrogens with zero attached hydrogens (tertiary/aromatic N) is 1. The summed E-state index contributed by atoms with van der Waals surface area (Å²) >= 11 is 13.8. The third-order valence-corrected chi connectivity index (χ3v) is 2.58. The first-order valence-electron chi connectivity index (χ1n) is 3.06. The number of hydrogen-bond donors (Lipinski definition) is 0. The zero-order valence-corrected chi connectivity index (χ0v) is 9.30. The van der Waals surface area contributed by atoms with Crippen molar-refractivity contribution in [2.45, 2.75) is 6.36 Å². The van der Waals surface area contributed by atoms with Gasteiger partial charge in [-0.25, -0.2) is 4.98 Å². The smallest absolute Gasteiger partial charge is 0.401 e. The Bertz CT molecular complexity index is 358. The maximum Gasteiger partial charge on any atom is 0.573 e. The molecule has 0 N–H and O–H groups in total. The summed E-state index contributed by atoms with van der Waals surface area (Å²) in [5.41, 5.74) is 0. The Hall–Kier alpha value is -0.200. The minimum Gasteiger partial charge on any atom is -0.401 e. The fraction of sp³-hybridized carbons (Fsp3) is 0.167. The summed E-state index contributed by atoms with van der Waals surface area (Å²) in [4.78, 5) is 3.43. The molecule has 78 valence electrons. The zero-order chi connectivity index (χ0) is 10.9. The Morgan fingerprint density at radius 3 is 2.43 bits per heavy atom. The maximum absolute atomic E-state index is 11.9. The molecule has 14 heavy (non-hydrogen) atoms. The van der Waals surface area contributed by atoms with Gasteiger partial charge in [0.1, 0.15) is 5.02 Å². The summed E-state index contributed by atoms with van der Waals surface area (Å²) in [5, 5.41) is -0.724. The molecule has 0 fully saturated rings. The molecule has 0 spiro atoms. The molecule has 1 aromatic heterocycles. The summed E-state index contributed by atoms with van der Waals surface area (Å²) < 4.78 is 39.3. The molecule has 8 heteroatoms. The van der Waals surface area contributed by atoms with Gasteiger partial charge in [0.25, 0.3) is 0 Å². The molecule has 0 aliphatic heterocycles. The van der Waals surface area contributed by atoms with Gasteiger partial charge in [-0.2, -0.15) is 0 Å². The Morgan fingerprint density at radius 1 is 1.36 bits per heavy atom. The lowest BCUT2D eigenvalue weighted by molar-refractivity contribution is -0.274. The standard InChI is InChI=1S/C6HBrCl2F3NO/c7-2-1-13-5(9)4(3(2)8)14-6(10,11)12/h1H. The molecule has 0 unspecified atom stereocenters. The van der Waals surface area contributed by atoms with Gasteiger partial charge >= 0.3 is 6.36 Å². The van der Waals surface area contributed by atoms with Gasteiger partial charge in [0, 0.05) is 6.20 Å². The molecular weight excluding hydrogens is 310 g/mol. The van der Waals surface area contributed by atoms with E-state index in [9.17, 15) is 13.2 Å². The second-order valence-corrected chi connectivity index (χ2v) is 3.68. The first-order valence-corrected chi connectivity index (χ1v) is 4.61. The van der Waals surface area contributed by atoms with Crippen molar-refractivity contribution in [2.24, 2.45) is 0 Å². The van der Waals surface area contributed by atoms with Crippen LogP contribution in [0.2, 0.25) is 10.2 Å². The van der Waals surface area contributed by atoms with Crippen LogP contribution in [0.5, 0.6) is 5.75 Å². The van der Waals surface area contributed by atoms with Gasteiger partial charge in [0.2, 0.25) is 0 Å². The molecule has 0 amide bonds. The number of halogens is 6. The second kappa shape index (κ2) is 4.12. The Balaban J connectivity index is 3.13. The van der Waals surface area contributed by atoms with E-state index in [1.54, 1.807) is 0 Å². The van der Waals surface area contributed by atoms with Crippen LogP contribution in [0.25, 0.3) is 0 Å². The molecule has 2 nitrogen and oxygen atoms in total. The molecule has 0 saturated heterocycles. The van der Waals surface area contributed by atoms with E-state index in [1.807, 2.05) is 0 Å². The van der Waals surface area contributed by atoms with Crippen molar-refractivity contribution >= 4 is 39.1 Å². The average Bonchev–Trinajstić information content (AvgIpc) is 2.04. The Labute approximate surface area is 95.1 Å². The van der Waals surface area contributed by atoms with E-state index in [4.69, 9.17) is 23.2 Å². The van der Waals surface area contributed by atoms with Crippen molar-refractivity contribution in [2.75, 3.05) is 0 Å². The van der Waals surface area contributed by atoms with Crippen LogP contribution in [-0.2, 0) is 0 Å². The molecule has 0 atom stereocenters. The fourth-order valence-corrected chi connectivity index (χ4v) is 1.32. The van der Waals surface area contributed by atoms with Crippen molar-refractivity contribution in [1.29, 1.82) is 0 Å². The first kappa shape index (κ1) is 11.9. The predicted octanol–water partition coefficient (Wildman–Crippen LogP) is 4.05. The predicted molar refractivity (Wildman–Crippen MR) is 48.6 cm³/mol. The summed E-state index contributed by atoms with van der Waals surface area (Å²) in [5.74, 6) is -0.713. The maximum atomic E-state index is 11.9. The molecule has 0 bridgehead atoms. The van der Waals surface area contributed by atoms with E-state index in [2.05, 4.69) is 25.7 Å². The van der Waals surface area contributed by atoms with Gasteiger partial charge in [-0.15, -0.1) is 13.2 Å². The average molecular weight is 311 g/mol. The van der Waals surface area contributed by atoms with E-state index < -0.39 is 17.3 Å².